The molecule has 0 saturated heterocycles. The first-order valence-corrected chi connectivity index (χ1v) is 5.83. The van der Waals surface area contributed by atoms with Gasteiger partial charge in [-0.05, 0) is 17.2 Å². The monoisotopic (exact) mass is 242 g/mol. The van der Waals surface area contributed by atoms with E-state index in [1.54, 1.807) is 30.3 Å². The van der Waals surface area contributed by atoms with Gasteiger partial charge in [-0.3, -0.25) is 0 Å². The van der Waals surface area contributed by atoms with Crippen molar-refractivity contribution in [3.8, 4) is 0 Å². The van der Waals surface area contributed by atoms with Crippen LogP contribution < -0.4 is 0 Å². The van der Waals surface area contributed by atoms with Gasteiger partial charge in [-0.25, -0.2) is 4.39 Å². The van der Waals surface area contributed by atoms with E-state index in [0.29, 0.717) is 5.56 Å². The highest BCUT2D eigenvalue weighted by molar-refractivity contribution is 5.51. The Labute approximate surface area is 106 Å². The zero-order chi connectivity index (χ0) is 12.8. The number of benzene rings is 2. The molecule has 1 atom stereocenters. The quantitative estimate of drug-likeness (QED) is 0.869. The predicted molar refractivity (Wildman–Crippen MR) is 71.8 cm³/mol. The van der Waals surface area contributed by atoms with E-state index in [0.717, 1.165) is 5.56 Å². The minimum absolute atomic E-state index is 0.555. The maximum absolute atomic E-state index is 13.1. The van der Waals surface area contributed by atoms with E-state index in [-0.39, 0.29) is 0 Å². The number of hydrogen-bond acceptors (Lipinski definition) is 1. The summed E-state index contributed by atoms with van der Waals surface area (Å²) in [5, 5.41) is 10.3. The third-order valence-corrected chi connectivity index (χ3v) is 2.83. The summed E-state index contributed by atoms with van der Waals surface area (Å²) in [6.45, 7) is -0.847. The van der Waals surface area contributed by atoms with Crippen LogP contribution in [0.1, 0.15) is 11.1 Å². The summed E-state index contributed by atoms with van der Waals surface area (Å²) in [4.78, 5) is 0. The molecule has 2 aromatic rings. The molecule has 0 aromatic heterocycles. The molecule has 0 aliphatic heterocycles. The Hall–Kier alpha value is -1.93. The summed E-state index contributed by atoms with van der Waals surface area (Å²) < 4.78 is 13.1. The van der Waals surface area contributed by atoms with Crippen LogP contribution in [0.5, 0.6) is 0 Å². The largest absolute Gasteiger partial charge is 0.378 e. The fourth-order valence-corrected chi connectivity index (χ4v) is 1.74. The molecule has 0 saturated carbocycles. The van der Waals surface area contributed by atoms with Gasteiger partial charge in [0.1, 0.15) is 12.3 Å². The molecule has 2 aromatic carbocycles. The van der Waals surface area contributed by atoms with Crippen LogP contribution in [0.25, 0.3) is 6.08 Å². The normalized spacial score (nSPS) is 14.6. The number of rotatable bonds is 4. The van der Waals surface area contributed by atoms with Gasteiger partial charge in [0, 0.05) is 0 Å². The molecule has 0 heterocycles. The van der Waals surface area contributed by atoms with E-state index in [9.17, 15) is 9.50 Å². The van der Waals surface area contributed by atoms with E-state index >= 15 is 0 Å². The average Bonchev–Trinajstić information content (AvgIpc) is 2.47. The molecule has 2 rings (SSSR count). The molecular weight excluding hydrogens is 227 g/mol. The molecule has 0 fully saturated rings. The van der Waals surface area contributed by atoms with Crippen molar-refractivity contribution in [1.29, 1.82) is 0 Å². The van der Waals surface area contributed by atoms with Crippen LogP contribution >= 0.6 is 0 Å². The van der Waals surface area contributed by atoms with Gasteiger partial charge >= 0.3 is 0 Å². The molecule has 1 nitrogen and oxygen atoms in total. The van der Waals surface area contributed by atoms with Crippen LogP contribution in [0.15, 0.2) is 66.7 Å². The lowest BCUT2D eigenvalue weighted by Crippen LogP contribution is -2.25. The van der Waals surface area contributed by atoms with Gasteiger partial charge < -0.3 is 5.11 Å². The Morgan fingerprint density at radius 3 is 2.06 bits per heavy atom. The van der Waals surface area contributed by atoms with Crippen molar-refractivity contribution in [1.82, 2.24) is 0 Å². The standard InChI is InChI=1S/C16H15FO/c17-13-16(18,15-9-5-2-6-10-15)12-11-14-7-3-1-4-8-14/h1-12,18H,13H2/b12-11+. The van der Waals surface area contributed by atoms with Crippen molar-refractivity contribution in [3.63, 3.8) is 0 Å². The second-order valence-corrected chi connectivity index (χ2v) is 4.17. The Kier molecular flexibility index (Phi) is 3.90. The van der Waals surface area contributed by atoms with Crippen molar-refractivity contribution in [2.45, 2.75) is 5.60 Å². The summed E-state index contributed by atoms with van der Waals surface area (Å²) in [6, 6.07) is 18.4. The fourth-order valence-electron chi connectivity index (χ4n) is 1.74. The molecule has 0 spiro atoms. The molecule has 1 unspecified atom stereocenters. The summed E-state index contributed by atoms with van der Waals surface area (Å²) in [7, 11) is 0. The maximum atomic E-state index is 13.1. The molecule has 0 bridgehead atoms. The van der Waals surface area contributed by atoms with Crippen LogP contribution in [0.3, 0.4) is 0 Å². The van der Waals surface area contributed by atoms with Gasteiger partial charge in [0.15, 0.2) is 0 Å². The van der Waals surface area contributed by atoms with Gasteiger partial charge in [-0.15, -0.1) is 0 Å². The summed E-state index contributed by atoms with van der Waals surface area (Å²) in [5.74, 6) is 0. The molecule has 1 N–H and O–H groups in total. The molecule has 18 heavy (non-hydrogen) atoms. The lowest BCUT2D eigenvalue weighted by atomic mass is 9.94. The van der Waals surface area contributed by atoms with Crippen LogP contribution in [0.4, 0.5) is 4.39 Å². The Morgan fingerprint density at radius 1 is 0.944 bits per heavy atom. The first kappa shape index (κ1) is 12.5. The highest BCUT2D eigenvalue weighted by Crippen LogP contribution is 2.24. The van der Waals surface area contributed by atoms with Crippen molar-refractivity contribution in [2.24, 2.45) is 0 Å². The highest BCUT2D eigenvalue weighted by atomic mass is 19.1. The number of halogens is 1. The predicted octanol–water partition coefficient (Wildman–Crippen LogP) is 3.56. The molecule has 92 valence electrons. The first-order chi connectivity index (χ1) is 8.74. The minimum Gasteiger partial charge on any atom is -0.378 e. The van der Waals surface area contributed by atoms with Crippen molar-refractivity contribution in [2.75, 3.05) is 6.67 Å². The molecule has 0 aliphatic rings. The van der Waals surface area contributed by atoms with Gasteiger partial charge in [-0.2, -0.15) is 0 Å². The Bertz CT molecular complexity index is 507. The lowest BCUT2D eigenvalue weighted by molar-refractivity contribution is 0.0605. The third-order valence-electron chi connectivity index (χ3n) is 2.83. The molecule has 0 aliphatic carbocycles. The van der Waals surface area contributed by atoms with E-state index in [4.69, 9.17) is 0 Å². The van der Waals surface area contributed by atoms with Gasteiger partial charge in [0.05, 0.1) is 0 Å². The topological polar surface area (TPSA) is 20.2 Å². The Morgan fingerprint density at radius 2 is 1.50 bits per heavy atom. The van der Waals surface area contributed by atoms with Crippen LogP contribution in [0, 0.1) is 0 Å². The van der Waals surface area contributed by atoms with Crippen LogP contribution in [-0.2, 0) is 5.60 Å². The van der Waals surface area contributed by atoms with Crippen molar-refractivity contribution in [3.05, 3.63) is 77.9 Å². The van der Waals surface area contributed by atoms with E-state index in [1.165, 1.54) is 6.08 Å². The van der Waals surface area contributed by atoms with Crippen LogP contribution in [-0.4, -0.2) is 11.8 Å². The average molecular weight is 242 g/mol. The number of aliphatic hydroxyl groups is 1. The molecule has 2 heteroatoms. The summed E-state index contributed by atoms with van der Waals surface area (Å²) >= 11 is 0. The van der Waals surface area contributed by atoms with E-state index in [1.807, 2.05) is 36.4 Å². The van der Waals surface area contributed by atoms with Crippen molar-refractivity contribution >= 4 is 6.08 Å². The molecule has 0 amide bonds. The maximum Gasteiger partial charge on any atom is 0.136 e. The highest BCUT2D eigenvalue weighted by Gasteiger charge is 2.25. The van der Waals surface area contributed by atoms with Gasteiger partial charge in [-0.1, -0.05) is 66.7 Å². The summed E-state index contributed by atoms with van der Waals surface area (Å²) in [5.41, 5.74) is -0.0723. The molecule has 0 radical (unpaired) electrons. The number of hydrogen-bond donors (Lipinski definition) is 1. The molecular formula is C16H15FO. The Balaban J connectivity index is 2.27. The second kappa shape index (κ2) is 5.61. The van der Waals surface area contributed by atoms with Crippen LogP contribution in [0.2, 0.25) is 0 Å². The zero-order valence-corrected chi connectivity index (χ0v) is 9.96. The minimum atomic E-state index is -1.56. The summed E-state index contributed by atoms with van der Waals surface area (Å²) in [6.07, 6.45) is 3.23. The van der Waals surface area contributed by atoms with E-state index < -0.39 is 12.3 Å². The number of alkyl halides is 1. The smallest absolute Gasteiger partial charge is 0.136 e. The van der Waals surface area contributed by atoms with Crippen molar-refractivity contribution < 1.29 is 9.50 Å². The van der Waals surface area contributed by atoms with E-state index in [2.05, 4.69) is 0 Å². The fraction of sp³-hybridized carbons (Fsp3) is 0.125. The second-order valence-electron chi connectivity index (χ2n) is 4.17. The SMILES string of the molecule is OC(/C=C/c1ccccc1)(CF)c1ccccc1. The van der Waals surface area contributed by atoms with Gasteiger partial charge in [0.25, 0.3) is 0 Å². The first-order valence-electron chi connectivity index (χ1n) is 5.83. The van der Waals surface area contributed by atoms with Gasteiger partial charge in [0.2, 0.25) is 0 Å². The lowest BCUT2D eigenvalue weighted by Gasteiger charge is -2.21. The third kappa shape index (κ3) is 2.84. The zero-order valence-electron chi connectivity index (χ0n) is 9.96.